The summed E-state index contributed by atoms with van der Waals surface area (Å²) in [5, 5.41) is 10.3. The molecule has 1 aromatic heterocycles. The number of aromatic nitrogens is 2. The highest BCUT2D eigenvalue weighted by atomic mass is 19.1. The van der Waals surface area contributed by atoms with Gasteiger partial charge in [-0.05, 0) is 29.8 Å². The van der Waals surface area contributed by atoms with E-state index in [0.717, 1.165) is 10.9 Å². The molecule has 0 spiro atoms. The zero-order valence-corrected chi connectivity index (χ0v) is 11.1. The minimum Gasteiger partial charge on any atom is -0.399 e. The van der Waals surface area contributed by atoms with Crippen LogP contribution in [0, 0.1) is 5.82 Å². The highest BCUT2D eigenvalue weighted by Crippen LogP contribution is 2.20. The van der Waals surface area contributed by atoms with Crippen LogP contribution in [0.5, 0.6) is 0 Å². The van der Waals surface area contributed by atoms with Gasteiger partial charge in [-0.3, -0.25) is 9.89 Å². The van der Waals surface area contributed by atoms with Gasteiger partial charge in [0, 0.05) is 17.6 Å². The number of nitrogens with one attached hydrogen (secondary N) is 2. The Labute approximate surface area is 120 Å². The lowest BCUT2D eigenvalue weighted by atomic mass is 10.1. The summed E-state index contributed by atoms with van der Waals surface area (Å²) in [6.07, 6.45) is 1.61. The van der Waals surface area contributed by atoms with Crippen LogP contribution >= 0.6 is 0 Å². The van der Waals surface area contributed by atoms with Crippen LogP contribution in [0.15, 0.2) is 42.6 Å². The summed E-state index contributed by atoms with van der Waals surface area (Å²) in [6, 6.07) is 9.31. The van der Waals surface area contributed by atoms with Crippen molar-refractivity contribution in [2.45, 2.75) is 6.54 Å². The van der Waals surface area contributed by atoms with E-state index in [2.05, 4.69) is 15.5 Å². The number of carbonyl (C=O) groups is 1. The number of hydrogen-bond acceptors (Lipinski definition) is 3. The van der Waals surface area contributed by atoms with Gasteiger partial charge >= 0.3 is 0 Å². The average molecular weight is 284 g/mol. The van der Waals surface area contributed by atoms with E-state index in [-0.39, 0.29) is 11.7 Å². The number of amides is 1. The Hall–Kier alpha value is -2.89. The van der Waals surface area contributed by atoms with E-state index in [1.165, 1.54) is 12.1 Å². The maximum atomic E-state index is 12.8. The number of hydrogen-bond donors (Lipinski definition) is 3. The van der Waals surface area contributed by atoms with Gasteiger partial charge in [0.15, 0.2) is 0 Å². The highest BCUT2D eigenvalue weighted by molar-refractivity contribution is 6.06. The predicted molar refractivity (Wildman–Crippen MR) is 78.1 cm³/mol. The number of nitrogens with zero attached hydrogens (tertiary/aromatic N) is 1. The molecule has 21 heavy (non-hydrogen) atoms. The largest absolute Gasteiger partial charge is 0.399 e. The maximum Gasteiger partial charge on any atom is 0.253 e. The lowest BCUT2D eigenvalue weighted by molar-refractivity contribution is 0.0952. The van der Waals surface area contributed by atoms with Crippen molar-refractivity contribution in [3.63, 3.8) is 0 Å². The van der Waals surface area contributed by atoms with Crippen LogP contribution in [-0.2, 0) is 6.54 Å². The molecular weight excluding hydrogens is 271 g/mol. The Morgan fingerprint density at radius 3 is 2.81 bits per heavy atom. The van der Waals surface area contributed by atoms with Gasteiger partial charge in [0.05, 0.1) is 17.3 Å². The zero-order chi connectivity index (χ0) is 14.8. The van der Waals surface area contributed by atoms with E-state index >= 15 is 0 Å². The third-order valence-electron chi connectivity index (χ3n) is 3.18. The molecule has 2 aromatic carbocycles. The Kier molecular flexibility index (Phi) is 3.27. The van der Waals surface area contributed by atoms with Gasteiger partial charge in [-0.15, -0.1) is 0 Å². The fourth-order valence-corrected chi connectivity index (χ4v) is 2.14. The first-order valence-corrected chi connectivity index (χ1v) is 6.39. The Morgan fingerprint density at radius 2 is 2.05 bits per heavy atom. The minimum atomic E-state index is -0.305. The summed E-state index contributed by atoms with van der Waals surface area (Å²) >= 11 is 0. The summed E-state index contributed by atoms with van der Waals surface area (Å²) in [5.74, 6) is -0.569. The molecule has 0 unspecified atom stereocenters. The molecule has 5 nitrogen and oxygen atoms in total. The fraction of sp³-hybridized carbons (Fsp3) is 0.0667. The zero-order valence-electron chi connectivity index (χ0n) is 11.1. The molecule has 1 amide bonds. The number of nitrogen functional groups attached to an aromatic ring is 1. The van der Waals surface area contributed by atoms with Crippen LogP contribution in [0.1, 0.15) is 15.9 Å². The second-order valence-electron chi connectivity index (χ2n) is 4.71. The molecule has 0 aliphatic carbocycles. The molecule has 0 saturated carbocycles. The molecule has 0 aliphatic rings. The van der Waals surface area contributed by atoms with E-state index in [0.29, 0.717) is 23.3 Å². The first-order valence-electron chi connectivity index (χ1n) is 6.39. The number of anilines is 1. The molecule has 4 N–H and O–H groups in total. The second-order valence-corrected chi connectivity index (χ2v) is 4.71. The van der Waals surface area contributed by atoms with Gasteiger partial charge < -0.3 is 11.1 Å². The first kappa shape index (κ1) is 13.1. The Balaban J connectivity index is 1.81. The number of carbonyl (C=O) groups excluding carboxylic acids is 1. The topological polar surface area (TPSA) is 83.8 Å². The molecule has 0 saturated heterocycles. The summed E-state index contributed by atoms with van der Waals surface area (Å²) in [6.45, 7) is 0.309. The third kappa shape index (κ3) is 2.69. The van der Waals surface area contributed by atoms with Gasteiger partial charge in [0.25, 0.3) is 5.91 Å². The van der Waals surface area contributed by atoms with Crippen molar-refractivity contribution in [1.29, 1.82) is 0 Å². The molecule has 3 rings (SSSR count). The van der Waals surface area contributed by atoms with E-state index in [4.69, 9.17) is 5.73 Å². The van der Waals surface area contributed by atoms with Crippen LogP contribution in [0.25, 0.3) is 10.9 Å². The molecule has 0 aliphatic heterocycles. The molecule has 0 atom stereocenters. The monoisotopic (exact) mass is 284 g/mol. The summed E-state index contributed by atoms with van der Waals surface area (Å²) < 4.78 is 12.8. The van der Waals surface area contributed by atoms with Crippen LogP contribution in [-0.4, -0.2) is 16.1 Å². The highest BCUT2D eigenvalue weighted by Gasteiger charge is 2.12. The number of fused-ring (bicyclic) bond motifs is 1. The van der Waals surface area contributed by atoms with Crippen molar-refractivity contribution in [1.82, 2.24) is 15.5 Å². The average Bonchev–Trinajstić information content (AvgIpc) is 2.93. The van der Waals surface area contributed by atoms with Gasteiger partial charge in [-0.2, -0.15) is 5.10 Å². The van der Waals surface area contributed by atoms with Crippen LogP contribution < -0.4 is 11.1 Å². The number of H-pyrrole nitrogens is 1. The second kappa shape index (κ2) is 5.24. The SMILES string of the molecule is Nc1cc(C(=O)NCc2ccc(F)cc2)c2[nH]ncc2c1. The normalized spacial score (nSPS) is 10.7. The van der Waals surface area contributed by atoms with Crippen molar-refractivity contribution in [3.8, 4) is 0 Å². The van der Waals surface area contributed by atoms with Gasteiger partial charge in [0.2, 0.25) is 0 Å². The van der Waals surface area contributed by atoms with Crippen LogP contribution in [0.3, 0.4) is 0 Å². The maximum absolute atomic E-state index is 12.8. The molecular formula is C15H13FN4O. The van der Waals surface area contributed by atoms with E-state index < -0.39 is 0 Å². The molecule has 0 radical (unpaired) electrons. The summed E-state index contributed by atoms with van der Waals surface area (Å²) in [4.78, 5) is 12.3. The first-order chi connectivity index (χ1) is 10.1. The van der Waals surface area contributed by atoms with Gasteiger partial charge in [0.1, 0.15) is 5.82 Å². The molecule has 0 bridgehead atoms. The number of halogens is 1. The summed E-state index contributed by atoms with van der Waals surface area (Å²) in [5.41, 5.74) is 8.17. The summed E-state index contributed by atoms with van der Waals surface area (Å²) in [7, 11) is 0. The van der Waals surface area contributed by atoms with Crippen molar-refractivity contribution < 1.29 is 9.18 Å². The Bertz CT molecular complexity index is 795. The number of rotatable bonds is 3. The molecule has 106 valence electrons. The molecule has 3 aromatic rings. The predicted octanol–water partition coefficient (Wildman–Crippen LogP) is 2.21. The lowest BCUT2D eigenvalue weighted by Gasteiger charge is -2.07. The molecule has 0 fully saturated rings. The van der Waals surface area contributed by atoms with Crippen LogP contribution in [0.4, 0.5) is 10.1 Å². The van der Waals surface area contributed by atoms with E-state index in [1.54, 1.807) is 30.5 Å². The van der Waals surface area contributed by atoms with Crippen molar-refractivity contribution in [2.75, 3.05) is 5.73 Å². The lowest BCUT2D eigenvalue weighted by Crippen LogP contribution is -2.23. The fourth-order valence-electron chi connectivity index (χ4n) is 2.14. The quantitative estimate of drug-likeness (QED) is 0.645. The third-order valence-corrected chi connectivity index (χ3v) is 3.18. The van der Waals surface area contributed by atoms with Crippen LogP contribution in [0.2, 0.25) is 0 Å². The molecule has 6 heteroatoms. The number of benzene rings is 2. The molecule has 1 heterocycles. The number of aromatic amines is 1. The van der Waals surface area contributed by atoms with E-state index in [1.807, 2.05) is 0 Å². The smallest absolute Gasteiger partial charge is 0.253 e. The van der Waals surface area contributed by atoms with E-state index in [9.17, 15) is 9.18 Å². The van der Waals surface area contributed by atoms with Gasteiger partial charge in [-0.1, -0.05) is 12.1 Å². The van der Waals surface area contributed by atoms with Crippen molar-refractivity contribution in [3.05, 3.63) is 59.5 Å². The standard InChI is InChI=1S/C15H13FN4O/c16-11-3-1-9(2-4-11)7-18-15(21)13-6-12(17)5-10-8-19-20-14(10)13/h1-6,8H,7,17H2,(H,18,21)(H,19,20). The van der Waals surface area contributed by atoms with Crippen molar-refractivity contribution >= 4 is 22.5 Å². The van der Waals surface area contributed by atoms with Crippen molar-refractivity contribution in [2.24, 2.45) is 0 Å². The Morgan fingerprint density at radius 1 is 1.29 bits per heavy atom. The van der Waals surface area contributed by atoms with Gasteiger partial charge in [-0.25, -0.2) is 4.39 Å². The minimum absolute atomic E-state index is 0.263. The number of nitrogens with two attached hydrogens (primary N) is 1.